The quantitative estimate of drug-likeness (QED) is 0.370. The van der Waals surface area contributed by atoms with Crippen molar-refractivity contribution in [1.82, 2.24) is 35.8 Å². The lowest BCUT2D eigenvalue weighted by molar-refractivity contribution is -0.138. The van der Waals surface area contributed by atoms with E-state index in [1.165, 1.54) is 41.3 Å². The first-order valence-corrected chi connectivity index (χ1v) is 11.0. The molecular formula is C23H19F4N7O2. The van der Waals surface area contributed by atoms with E-state index in [-0.39, 0.29) is 36.2 Å². The number of likely N-dealkylation sites (tertiary alicyclic amines) is 1. The van der Waals surface area contributed by atoms with Crippen molar-refractivity contribution >= 4 is 22.7 Å². The van der Waals surface area contributed by atoms with Crippen LogP contribution in [0.4, 0.5) is 17.6 Å². The third kappa shape index (κ3) is 4.39. The Bertz CT molecular complexity index is 1420. The molecular weight excluding hydrogens is 482 g/mol. The van der Waals surface area contributed by atoms with Crippen molar-refractivity contribution in [3.8, 4) is 11.4 Å². The van der Waals surface area contributed by atoms with Gasteiger partial charge < -0.3 is 15.2 Å². The van der Waals surface area contributed by atoms with E-state index in [2.05, 4.69) is 30.9 Å². The van der Waals surface area contributed by atoms with Gasteiger partial charge in [0, 0.05) is 30.0 Å². The maximum absolute atomic E-state index is 14.5. The number of nitrogens with zero attached hydrogens (tertiary/aromatic N) is 4. The number of rotatable bonds is 4. The van der Waals surface area contributed by atoms with Crippen molar-refractivity contribution in [2.45, 2.75) is 25.1 Å². The molecule has 13 heteroatoms. The SMILES string of the molecule is O=C(NC1CCN(C(=O)c2ccccc2C(F)(F)F)CC1)c1cc2c(-c3nn[nH]n3)c(F)ccc2[nH]1. The summed E-state index contributed by atoms with van der Waals surface area (Å²) in [5.74, 6) is -1.65. The molecule has 3 N–H and O–H groups in total. The van der Waals surface area contributed by atoms with Gasteiger partial charge in [0.1, 0.15) is 11.5 Å². The molecule has 0 radical (unpaired) electrons. The third-order valence-electron chi connectivity index (χ3n) is 6.15. The highest BCUT2D eigenvalue weighted by Crippen LogP contribution is 2.33. The number of alkyl halides is 3. The monoisotopic (exact) mass is 501 g/mol. The van der Waals surface area contributed by atoms with Crippen LogP contribution in [0.5, 0.6) is 0 Å². The second-order valence-electron chi connectivity index (χ2n) is 8.39. The number of amides is 2. The Morgan fingerprint density at radius 3 is 2.53 bits per heavy atom. The van der Waals surface area contributed by atoms with E-state index < -0.39 is 34.9 Å². The highest BCUT2D eigenvalue weighted by molar-refractivity contribution is 6.02. The van der Waals surface area contributed by atoms with Crippen LogP contribution in [0.3, 0.4) is 0 Å². The molecule has 2 amide bonds. The summed E-state index contributed by atoms with van der Waals surface area (Å²) in [5, 5.41) is 16.6. The molecule has 1 saturated heterocycles. The summed E-state index contributed by atoms with van der Waals surface area (Å²) in [4.78, 5) is 29.9. The van der Waals surface area contributed by atoms with E-state index >= 15 is 0 Å². The van der Waals surface area contributed by atoms with Crippen LogP contribution in [0.25, 0.3) is 22.3 Å². The summed E-state index contributed by atoms with van der Waals surface area (Å²) in [7, 11) is 0. The number of halogens is 4. The fourth-order valence-electron chi connectivity index (χ4n) is 4.37. The highest BCUT2D eigenvalue weighted by atomic mass is 19.4. The van der Waals surface area contributed by atoms with E-state index in [4.69, 9.17) is 0 Å². The number of aromatic nitrogens is 5. The molecule has 0 saturated carbocycles. The molecule has 186 valence electrons. The largest absolute Gasteiger partial charge is 0.417 e. The summed E-state index contributed by atoms with van der Waals surface area (Å²) in [5.41, 5.74) is -0.568. The Labute approximate surface area is 200 Å². The minimum absolute atomic E-state index is 0.0493. The van der Waals surface area contributed by atoms with E-state index in [1.54, 1.807) is 0 Å². The van der Waals surface area contributed by atoms with Crippen LogP contribution in [-0.2, 0) is 6.18 Å². The van der Waals surface area contributed by atoms with E-state index in [1.807, 2.05) is 0 Å². The van der Waals surface area contributed by atoms with Gasteiger partial charge in [0.15, 0.2) is 0 Å². The molecule has 0 spiro atoms. The van der Waals surface area contributed by atoms with Crippen LogP contribution in [0, 0.1) is 5.82 Å². The Morgan fingerprint density at radius 1 is 1.08 bits per heavy atom. The maximum atomic E-state index is 14.5. The van der Waals surface area contributed by atoms with Gasteiger partial charge in [-0.3, -0.25) is 9.59 Å². The zero-order valence-corrected chi connectivity index (χ0v) is 18.6. The van der Waals surface area contributed by atoms with E-state index in [9.17, 15) is 27.2 Å². The molecule has 36 heavy (non-hydrogen) atoms. The van der Waals surface area contributed by atoms with Gasteiger partial charge in [-0.25, -0.2) is 4.39 Å². The van der Waals surface area contributed by atoms with Gasteiger partial charge in [-0.15, -0.1) is 10.2 Å². The number of hydrogen-bond acceptors (Lipinski definition) is 5. The average Bonchev–Trinajstić information content (AvgIpc) is 3.54. The molecule has 2 aromatic carbocycles. The molecule has 0 unspecified atom stereocenters. The van der Waals surface area contributed by atoms with Gasteiger partial charge in [0.25, 0.3) is 11.8 Å². The first-order chi connectivity index (χ1) is 17.2. The number of carbonyl (C=O) groups is 2. The summed E-state index contributed by atoms with van der Waals surface area (Å²) in [6, 6.07) is 8.61. The fraction of sp³-hybridized carbons (Fsp3) is 0.261. The Balaban J connectivity index is 1.26. The Hall–Kier alpha value is -4.29. The molecule has 0 aliphatic carbocycles. The zero-order valence-electron chi connectivity index (χ0n) is 18.6. The molecule has 0 atom stereocenters. The van der Waals surface area contributed by atoms with Crippen molar-refractivity contribution in [1.29, 1.82) is 0 Å². The molecule has 3 heterocycles. The minimum Gasteiger partial charge on any atom is -0.351 e. The van der Waals surface area contributed by atoms with Gasteiger partial charge >= 0.3 is 6.18 Å². The normalized spacial score (nSPS) is 14.8. The summed E-state index contributed by atoms with van der Waals surface area (Å²) in [6.07, 6.45) is -3.89. The van der Waals surface area contributed by atoms with Crippen molar-refractivity contribution in [2.75, 3.05) is 13.1 Å². The van der Waals surface area contributed by atoms with Crippen molar-refractivity contribution in [2.24, 2.45) is 0 Å². The first kappa shape index (κ1) is 23.5. The molecule has 2 aromatic heterocycles. The van der Waals surface area contributed by atoms with Gasteiger partial charge in [-0.1, -0.05) is 12.1 Å². The smallest absolute Gasteiger partial charge is 0.351 e. The summed E-state index contributed by atoms with van der Waals surface area (Å²) >= 11 is 0. The molecule has 0 bridgehead atoms. The summed E-state index contributed by atoms with van der Waals surface area (Å²) in [6.45, 7) is 0.381. The molecule has 1 aliphatic rings. The van der Waals surface area contributed by atoms with Gasteiger partial charge in [0.2, 0.25) is 5.82 Å². The molecule has 9 nitrogen and oxygen atoms in total. The molecule has 1 aliphatic heterocycles. The van der Waals surface area contributed by atoms with Gasteiger partial charge in [-0.05, 0) is 48.4 Å². The fourth-order valence-corrected chi connectivity index (χ4v) is 4.37. The molecule has 4 aromatic rings. The van der Waals surface area contributed by atoms with Crippen molar-refractivity contribution in [3.63, 3.8) is 0 Å². The number of aromatic amines is 2. The Kier molecular flexibility index (Phi) is 5.90. The highest BCUT2D eigenvalue weighted by Gasteiger charge is 2.36. The number of tetrazole rings is 1. The van der Waals surface area contributed by atoms with Crippen LogP contribution in [0.15, 0.2) is 42.5 Å². The lowest BCUT2D eigenvalue weighted by Crippen LogP contribution is -2.46. The van der Waals surface area contributed by atoms with Crippen LogP contribution in [0.2, 0.25) is 0 Å². The molecule has 5 rings (SSSR count). The summed E-state index contributed by atoms with van der Waals surface area (Å²) < 4.78 is 54.3. The van der Waals surface area contributed by atoms with Crippen molar-refractivity contribution < 1.29 is 27.2 Å². The number of H-pyrrole nitrogens is 2. The maximum Gasteiger partial charge on any atom is 0.417 e. The second-order valence-corrected chi connectivity index (χ2v) is 8.39. The van der Waals surface area contributed by atoms with Crippen LogP contribution >= 0.6 is 0 Å². The predicted molar refractivity (Wildman–Crippen MR) is 119 cm³/mol. The Morgan fingerprint density at radius 2 is 1.83 bits per heavy atom. The number of hydrogen-bond donors (Lipinski definition) is 3. The standard InChI is InChI=1S/C23H19F4N7O2/c24-16-5-6-17-14(19(16)20-30-32-33-31-20)11-18(29-17)21(35)28-12-7-9-34(10-8-12)22(36)13-3-1-2-4-15(13)23(25,26)27/h1-6,11-12,29H,7-10H2,(H,28,35)(H,30,31,32,33). The predicted octanol–water partition coefficient (Wildman–Crippen LogP) is 3.54. The van der Waals surface area contributed by atoms with Gasteiger partial charge in [-0.2, -0.15) is 18.4 Å². The lowest BCUT2D eigenvalue weighted by Gasteiger charge is -2.32. The van der Waals surface area contributed by atoms with Gasteiger partial charge in [0.05, 0.1) is 16.7 Å². The van der Waals surface area contributed by atoms with Crippen molar-refractivity contribution in [3.05, 3.63) is 65.1 Å². The number of benzene rings is 2. The van der Waals surface area contributed by atoms with Crippen LogP contribution < -0.4 is 5.32 Å². The van der Waals surface area contributed by atoms with Crippen LogP contribution in [0.1, 0.15) is 39.3 Å². The zero-order chi connectivity index (χ0) is 25.4. The van der Waals surface area contributed by atoms with E-state index in [0.717, 1.165) is 6.07 Å². The third-order valence-corrected chi connectivity index (χ3v) is 6.15. The minimum atomic E-state index is -4.63. The number of carbonyl (C=O) groups excluding carboxylic acids is 2. The van der Waals surface area contributed by atoms with E-state index in [0.29, 0.717) is 23.7 Å². The lowest BCUT2D eigenvalue weighted by atomic mass is 10.0. The number of nitrogens with one attached hydrogen (secondary N) is 3. The van der Waals surface area contributed by atoms with Crippen LogP contribution in [-0.4, -0.2) is 61.5 Å². The average molecular weight is 501 g/mol. The second kappa shape index (κ2) is 9.06. The number of fused-ring (bicyclic) bond motifs is 1. The number of piperidine rings is 1. The molecule has 1 fully saturated rings. The topological polar surface area (TPSA) is 120 Å². The first-order valence-electron chi connectivity index (χ1n) is 11.0.